The SMILES string of the molecule is CC(N)c1cccc(OCC2CCCC2)c1. The molecule has 1 fully saturated rings. The van der Waals surface area contributed by atoms with Crippen molar-refractivity contribution in [1.82, 2.24) is 0 Å². The summed E-state index contributed by atoms with van der Waals surface area (Å²) < 4.78 is 5.83. The van der Waals surface area contributed by atoms with Crippen molar-refractivity contribution in [2.75, 3.05) is 6.61 Å². The topological polar surface area (TPSA) is 35.2 Å². The van der Waals surface area contributed by atoms with E-state index in [0.717, 1.165) is 23.8 Å². The summed E-state index contributed by atoms with van der Waals surface area (Å²) in [7, 11) is 0. The van der Waals surface area contributed by atoms with Gasteiger partial charge in [-0.05, 0) is 43.4 Å². The second kappa shape index (κ2) is 5.35. The Bertz CT molecular complexity index is 329. The molecule has 2 rings (SSSR count). The lowest BCUT2D eigenvalue weighted by atomic mass is 10.1. The van der Waals surface area contributed by atoms with Gasteiger partial charge >= 0.3 is 0 Å². The van der Waals surface area contributed by atoms with Gasteiger partial charge in [-0.1, -0.05) is 25.0 Å². The Kier molecular flexibility index (Phi) is 3.83. The van der Waals surface area contributed by atoms with Crippen molar-refractivity contribution in [3.8, 4) is 5.75 Å². The Hall–Kier alpha value is -1.02. The van der Waals surface area contributed by atoms with Gasteiger partial charge in [-0.2, -0.15) is 0 Å². The molecule has 0 amide bonds. The molecular weight excluding hydrogens is 198 g/mol. The number of nitrogens with two attached hydrogens (primary N) is 1. The monoisotopic (exact) mass is 219 g/mol. The van der Waals surface area contributed by atoms with Crippen LogP contribution in [0, 0.1) is 5.92 Å². The summed E-state index contributed by atoms with van der Waals surface area (Å²) in [6, 6.07) is 8.21. The first-order chi connectivity index (χ1) is 7.75. The van der Waals surface area contributed by atoms with Crippen molar-refractivity contribution >= 4 is 0 Å². The minimum absolute atomic E-state index is 0.0787. The lowest BCUT2D eigenvalue weighted by Gasteiger charge is -2.13. The largest absolute Gasteiger partial charge is 0.493 e. The second-order valence-corrected chi connectivity index (χ2v) is 4.82. The zero-order valence-corrected chi connectivity index (χ0v) is 9.99. The van der Waals surface area contributed by atoms with Crippen molar-refractivity contribution in [3.05, 3.63) is 29.8 Å². The van der Waals surface area contributed by atoms with Crippen LogP contribution >= 0.6 is 0 Å². The smallest absolute Gasteiger partial charge is 0.119 e. The number of ether oxygens (including phenoxy) is 1. The fourth-order valence-electron chi connectivity index (χ4n) is 2.28. The van der Waals surface area contributed by atoms with Crippen molar-refractivity contribution < 1.29 is 4.74 Å². The minimum Gasteiger partial charge on any atom is -0.493 e. The van der Waals surface area contributed by atoms with Crippen LogP contribution in [0.1, 0.15) is 44.2 Å². The van der Waals surface area contributed by atoms with E-state index in [0.29, 0.717) is 0 Å². The molecule has 1 unspecified atom stereocenters. The Morgan fingerprint density at radius 3 is 2.81 bits per heavy atom. The predicted molar refractivity (Wildman–Crippen MR) is 66.5 cm³/mol. The molecule has 1 atom stereocenters. The van der Waals surface area contributed by atoms with Gasteiger partial charge in [0.2, 0.25) is 0 Å². The highest BCUT2D eigenvalue weighted by atomic mass is 16.5. The van der Waals surface area contributed by atoms with Crippen LogP contribution in [0.4, 0.5) is 0 Å². The van der Waals surface area contributed by atoms with Crippen LogP contribution in [0.3, 0.4) is 0 Å². The standard InChI is InChI=1S/C14H21NO/c1-11(15)13-7-4-8-14(9-13)16-10-12-5-2-3-6-12/h4,7-9,11-12H,2-3,5-6,10,15H2,1H3. The van der Waals surface area contributed by atoms with Crippen LogP contribution in [0.5, 0.6) is 5.75 Å². The molecule has 1 aromatic rings. The lowest BCUT2D eigenvalue weighted by molar-refractivity contribution is 0.252. The molecule has 0 saturated heterocycles. The van der Waals surface area contributed by atoms with Gasteiger partial charge < -0.3 is 10.5 Å². The molecule has 1 aliphatic carbocycles. The molecule has 2 nitrogen and oxygen atoms in total. The van der Waals surface area contributed by atoms with Gasteiger partial charge in [0.15, 0.2) is 0 Å². The molecule has 0 aliphatic heterocycles. The van der Waals surface area contributed by atoms with Crippen LogP contribution in [-0.2, 0) is 0 Å². The normalized spacial score (nSPS) is 18.6. The second-order valence-electron chi connectivity index (χ2n) is 4.82. The summed E-state index contributed by atoms with van der Waals surface area (Å²) in [6.45, 7) is 2.86. The van der Waals surface area contributed by atoms with E-state index in [1.165, 1.54) is 25.7 Å². The van der Waals surface area contributed by atoms with Gasteiger partial charge in [-0.25, -0.2) is 0 Å². The van der Waals surface area contributed by atoms with Crippen molar-refractivity contribution in [1.29, 1.82) is 0 Å². The van der Waals surface area contributed by atoms with Gasteiger partial charge in [-0.15, -0.1) is 0 Å². The first-order valence-corrected chi connectivity index (χ1v) is 6.24. The zero-order chi connectivity index (χ0) is 11.4. The third-order valence-corrected chi connectivity index (χ3v) is 3.34. The van der Waals surface area contributed by atoms with Gasteiger partial charge in [-0.3, -0.25) is 0 Å². The quantitative estimate of drug-likeness (QED) is 0.843. The van der Waals surface area contributed by atoms with E-state index >= 15 is 0 Å². The molecule has 2 heteroatoms. The molecular formula is C14H21NO. The highest BCUT2D eigenvalue weighted by Gasteiger charge is 2.15. The summed E-state index contributed by atoms with van der Waals surface area (Å²) >= 11 is 0. The van der Waals surface area contributed by atoms with Gasteiger partial charge in [0.05, 0.1) is 6.61 Å². The van der Waals surface area contributed by atoms with Gasteiger partial charge in [0, 0.05) is 6.04 Å². The number of hydrogen-bond acceptors (Lipinski definition) is 2. The van der Waals surface area contributed by atoms with Crippen molar-refractivity contribution in [3.63, 3.8) is 0 Å². The highest BCUT2D eigenvalue weighted by molar-refractivity contribution is 5.30. The van der Waals surface area contributed by atoms with E-state index in [4.69, 9.17) is 10.5 Å². The van der Waals surface area contributed by atoms with E-state index < -0.39 is 0 Å². The maximum absolute atomic E-state index is 5.85. The Morgan fingerprint density at radius 2 is 2.12 bits per heavy atom. The van der Waals surface area contributed by atoms with E-state index in [2.05, 4.69) is 6.07 Å². The highest BCUT2D eigenvalue weighted by Crippen LogP contribution is 2.26. The molecule has 16 heavy (non-hydrogen) atoms. The van der Waals surface area contributed by atoms with E-state index in [1.54, 1.807) is 0 Å². The van der Waals surface area contributed by atoms with E-state index in [9.17, 15) is 0 Å². The molecule has 0 aromatic heterocycles. The predicted octanol–water partition coefficient (Wildman–Crippen LogP) is 3.28. The fourth-order valence-corrected chi connectivity index (χ4v) is 2.28. The van der Waals surface area contributed by atoms with Crippen LogP contribution in [-0.4, -0.2) is 6.61 Å². The Labute approximate surface area is 97.8 Å². The zero-order valence-electron chi connectivity index (χ0n) is 9.99. The summed E-state index contributed by atoms with van der Waals surface area (Å²) in [4.78, 5) is 0. The number of hydrogen-bond donors (Lipinski definition) is 1. The average Bonchev–Trinajstić information content (AvgIpc) is 2.79. The van der Waals surface area contributed by atoms with E-state index in [-0.39, 0.29) is 6.04 Å². The first kappa shape index (κ1) is 11.5. The molecule has 0 spiro atoms. The van der Waals surface area contributed by atoms with Crippen molar-refractivity contribution in [2.45, 2.75) is 38.6 Å². The molecule has 0 radical (unpaired) electrons. The third kappa shape index (κ3) is 2.99. The molecule has 1 saturated carbocycles. The lowest BCUT2D eigenvalue weighted by Crippen LogP contribution is -2.09. The first-order valence-electron chi connectivity index (χ1n) is 6.24. The van der Waals surface area contributed by atoms with Crippen LogP contribution in [0.2, 0.25) is 0 Å². The summed E-state index contributed by atoms with van der Waals surface area (Å²) in [5, 5.41) is 0. The minimum atomic E-state index is 0.0787. The molecule has 88 valence electrons. The van der Waals surface area contributed by atoms with Gasteiger partial charge in [0.25, 0.3) is 0 Å². The number of benzene rings is 1. The van der Waals surface area contributed by atoms with Crippen LogP contribution in [0.15, 0.2) is 24.3 Å². The Morgan fingerprint density at radius 1 is 1.38 bits per heavy atom. The summed E-state index contributed by atoms with van der Waals surface area (Å²) in [5.41, 5.74) is 6.99. The van der Waals surface area contributed by atoms with E-state index in [1.807, 2.05) is 25.1 Å². The molecule has 1 aromatic carbocycles. The molecule has 1 aliphatic rings. The summed E-state index contributed by atoms with van der Waals surface area (Å²) in [6.07, 6.45) is 5.39. The third-order valence-electron chi connectivity index (χ3n) is 3.34. The molecule has 0 bridgehead atoms. The average molecular weight is 219 g/mol. The van der Waals surface area contributed by atoms with Crippen LogP contribution in [0.25, 0.3) is 0 Å². The Balaban J connectivity index is 1.90. The van der Waals surface area contributed by atoms with Crippen molar-refractivity contribution in [2.24, 2.45) is 11.7 Å². The van der Waals surface area contributed by atoms with Gasteiger partial charge in [0.1, 0.15) is 5.75 Å². The summed E-state index contributed by atoms with van der Waals surface area (Å²) in [5.74, 6) is 1.72. The number of rotatable bonds is 4. The molecule has 2 N–H and O–H groups in total. The van der Waals surface area contributed by atoms with Crippen LogP contribution < -0.4 is 10.5 Å². The molecule has 0 heterocycles. The fraction of sp³-hybridized carbons (Fsp3) is 0.571. The maximum atomic E-state index is 5.85. The maximum Gasteiger partial charge on any atom is 0.119 e.